The van der Waals surface area contributed by atoms with Crippen molar-refractivity contribution in [3.63, 3.8) is 0 Å². The van der Waals surface area contributed by atoms with Crippen LogP contribution in [0, 0.1) is 0 Å². The molecule has 1 saturated heterocycles. The van der Waals surface area contributed by atoms with E-state index in [0.29, 0.717) is 23.0 Å². The van der Waals surface area contributed by atoms with E-state index < -0.39 is 23.6 Å². The predicted molar refractivity (Wildman–Crippen MR) is 115 cm³/mol. The molecular formula is C22H16N2O5S. The normalized spacial score (nSPS) is 15.2. The molecule has 3 amide bonds. The van der Waals surface area contributed by atoms with Crippen LogP contribution in [-0.4, -0.2) is 38.7 Å². The molecule has 1 aliphatic rings. The lowest BCUT2D eigenvalue weighted by molar-refractivity contribution is -0.127. The van der Waals surface area contributed by atoms with Gasteiger partial charge in [0.2, 0.25) is 5.91 Å². The molecule has 30 heavy (non-hydrogen) atoms. The zero-order valence-electron chi connectivity index (χ0n) is 15.5. The molecule has 150 valence electrons. The lowest BCUT2D eigenvalue weighted by Crippen LogP contribution is -2.36. The molecule has 0 atom stereocenters. The lowest BCUT2D eigenvalue weighted by atomic mass is 10.1. The van der Waals surface area contributed by atoms with E-state index in [0.717, 1.165) is 15.7 Å². The first-order valence-electron chi connectivity index (χ1n) is 8.97. The van der Waals surface area contributed by atoms with Crippen LogP contribution in [0.15, 0.2) is 65.6 Å². The fourth-order valence-corrected chi connectivity index (χ4v) is 3.92. The van der Waals surface area contributed by atoms with E-state index in [-0.39, 0.29) is 16.4 Å². The molecular weight excluding hydrogens is 404 g/mol. The van der Waals surface area contributed by atoms with Gasteiger partial charge in [-0.05, 0) is 47.0 Å². The van der Waals surface area contributed by atoms with Gasteiger partial charge < -0.3 is 15.5 Å². The second-order valence-electron chi connectivity index (χ2n) is 6.59. The van der Waals surface area contributed by atoms with Gasteiger partial charge in [-0.2, -0.15) is 0 Å². The molecule has 1 fully saturated rings. The summed E-state index contributed by atoms with van der Waals surface area (Å²) in [6.07, 6.45) is 1.42. The van der Waals surface area contributed by atoms with Gasteiger partial charge >= 0.3 is 0 Å². The topological polar surface area (TPSA) is 107 Å². The summed E-state index contributed by atoms with van der Waals surface area (Å²) in [6, 6.07) is 17.1. The maximum absolute atomic E-state index is 12.6. The molecule has 3 aromatic rings. The van der Waals surface area contributed by atoms with Crippen LogP contribution in [0.3, 0.4) is 0 Å². The van der Waals surface area contributed by atoms with E-state index in [9.17, 15) is 24.6 Å². The van der Waals surface area contributed by atoms with Crippen LogP contribution in [0.25, 0.3) is 16.8 Å². The summed E-state index contributed by atoms with van der Waals surface area (Å²) in [6.45, 7) is -0.411. The minimum Gasteiger partial charge on any atom is -0.504 e. The van der Waals surface area contributed by atoms with Gasteiger partial charge in [0.1, 0.15) is 6.54 Å². The number of amides is 3. The number of hydrogen-bond donors (Lipinski definition) is 3. The van der Waals surface area contributed by atoms with Crippen molar-refractivity contribution in [2.45, 2.75) is 0 Å². The Morgan fingerprint density at radius 1 is 1.00 bits per heavy atom. The number of thioether (sulfide) groups is 1. The standard InChI is InChI=1S/C22H16N2O5S/c25-17-9-8-13(10-18(17)26)11-19-21(28)24(22(29)30-19)12-20(27)23-16-7-3-5-14-4-1-2-6-15(14)16/h1-11,25-26H,12H2,(H,23,27)/b19-11+. The van der Waals surface area contributed by atoms with Gasteiger partial charge in [0.25, 0.3) is 11.1 Å². The van der Waals surface area contributed by atoms with Crippen molar-refractivity contribution < 1.29 is 24.6 Å². The molecule has 0 bridgehead atoms. The van der Waals surface area contributed by atoms with Crippen molar-refractivity contribution in [3.05, 3.63) is 71.1 Å². The average Bonchev–Trinajstić information content (AvgIpc) is 2.98. The largest absolute Gasteiger partial charge is 0.504 e. The number of fused-ring (bicyclic) bond motifs is 1. The lowest BCUT2D eigenvalue weighted by Gasteiger charge is -2.13. The minimum atomic E-state index is -0.592. The summed E-state index contributed by atoms with van der Waals surface area (Å²) in [5.41, 5.74) is 1.04. The summed E-state index contributed by atoms with van der Waals surface area (Å²) in [5, 5.41) is 23.0. The SMILES string of the molecule is O=C(CN1C(=O)S/C(=C/c2ccc(O)c(O)c2)C1=O)Nc1cccc2ccccc12. The number of rotatable bonds is 4. The Hall–Kier alpha value is -3.78. The van der Waals surface area contributed by atoms with E-state index in [1.165, 1.54) is 24.3 Å². The number of nitrogens with zero attached hydrogens (tertiary/aromatic N) is 1. The molecule has 8 heteroatoms. The quantitative estimate of drug-likeness (QED) is 0.436. The van der Waals surface area contributed by atoms with Gasteiger partial charge in [-0.1, -0.05) is 42.5 Å². The number of carbonyl (C=O) groups excluding carboxylic acids is 3. The second-order valence-corrected chi connectivity index (χ2v) is 7.58. The molecule has 3 N–H and O–H groups in total. The number of aromatic hydroxyl groups is 2. The maximum Gasteiger partial charge on any atom is 0.294 e. The Kier molecular flexibility index (Phi) is 5.16. The van der Waals surface area contributed by atoms with Crippen molar-refractivity contribution in [1.82, 2.24) is 4.90 Å². The molecule has 0 unspecified atom stereocenters. The first-order chi connectivity index (χ1) is 14.4. The number of phenolic OH excluding ortho intramolecular Hbond substituents is 2. The smallest absolute Gasteiger partial charge is 0.294 e. The van der Waals surface area contributed by atoms with Crippen molar-refractivity contribution in [2.24, 2.45) is 0 Å². The highest BCUT2D eigenvalue weighted by Gasteiger charge is 2.36. The summed E-state index contributed by atoms with van der Waals surface area (Å²) < 4.78 is 0. The van der Waals surface area contributed by atoms with Gasteiger partial charge in [0.15, 0.2) is 11.5 Å². The Morgan fingerprint density at radius 3 is 2.57 bits per heavy atom. The first-order valence-corrected chi connectivity index (χ1v) is 9.79. The van der Waals surface area contributed by atoms with E-state index in [4.69, 9.17) is 0 Å². The summed E-state index contributed by atoms with van der Waals surface area (Å²) in [4.78, 5) is 38.4. The van der Waals surface area contributed by atoms with Crippen LogP contribution in [0.1, 0.15) is 5.56 Å². The summed E-state index contributed by atoms with van der Waals surface area (Å²) in [5.74, 6) is -1.70. The summed E-state index contributed by atoms with van der Waals surface area (Å²) in [7, 11) is 0. The Bertz CT molecular complexity index is 1220. The molecule has 0 aromatic heterocycles. The molecule has 0 radical (unpaired) electrons. The highest BCUT2D eigenvalue weighted by Crippen LogP contribution is 2.34. The van der Waals surface area contributed by atoms with Crippen LogP contribution in [0.4, 0.5) is 10.5 Å². The zero-order valence-corrected chi connectivity index (χ0v) is 16.3. The third kappa shape index (κ3) is 3.85. The number of nitrogens with one attached hydrogen (secondary N) is 1. The number of anilines is 1. The highest BCUT2D eigenvalue weighted by atomic mass is 32.2. The monoisotopic (exact) mass is 420 g/mol. The van der Waals surface area contributed by atoms with Crippen molar-refractivity contribution in [3.8, 4) is 11.5 Å². The van der Waals surface area contributed by atoms with Crippen LogP contribution in [-0.2, 0) is 9.59 Å². The first kappa shape index (κ1) is 19.5. The van der Waals surface area contributed by atoms with Crippen LogP contribution in [0.2, 0.25) is 0 Å². The average molecular weight is 420 g/mol. The van der Waals surface area contributed by atoms with Crippen molar-refractivity contribution in [1.29, 1.82) is 0 Å². The van der Waals surface area contributed by atoms with Gasteiger partial charge in [0, 0.05) is 11.1 Å². The number of phenols is 2. The third-order valence-corrected chi connectivity index (χ3v) is 5.44. The Balaban J connectivity index is 1.49. The number of benzene rings is 3. The van der Waals surface area contributed by atoms with Crippen LogP contribution in [0.5, 0.6) is 11.5 Å². The summed E-state index contributed by atoms with van der Waals surface area (Å²) >= 11 is 0.712. The fourth-order valence-electron chi connectivity index (χ4n) is 3.09. The van der Waals surface area contributed by atoms with Crippen molar-refractivity contribution >= 4 is 51.4 Å². The predicted octanol–water partition coefficient (Wildman–Crippen LogP) is 3.93. The molecule has 1 heterocycles. The number of carbonyl (C=O) groups is 3. The molecule has 1 aliphatic heterocycles. The van der Waals surface area contributed by atoms with Crippen LogP contribution >= 0.6 is 11.8 Å². The van der Waals surface area contributed by atoms with E-state index >= 15 is 0 Å². The van der Waals surface area contributed by atoms with Gasteiger partial charge in [0.05, 0.1) is 4.91 Å². The molecule has 0 spiro atoms. The zero-order chi connectivity index (χ0) is 21.3. The molecule has 7 nitrogen and oxygen atoms in total. The van der Waals surface area contributed by atoms with E-state index in [1.54, 1.807) is 6.07 Å². The van der Waals surface area contributed by atoms with Gasteiger partial charge in [-0.25, -0.2) is 0 Å². The van der Waals surface area contributed by atoms with Gasteiger partial charge in [-0.15, -0.1) is 0 Å². The van der Waals surface area contributed by atoms with Gasteiger partial charge in [-0.3, -0.25) is 19.3 Å². The molecule has 4 rings (SSSR count). The Morgan fingerprint density at radius 2 is 1.77 bits per heavy atom. The number of imide groups is 1. The molecule has 3 aromatic carbocycles. The number of hydrogen-bond acceptors (Lipinski definition) is 6. The van der Waals surface area contributed by atoms with E-state index in [1.807, 2.05) is 36.4 Å². The fraction of sp³-hybridized carbons (Fsp3) is 0.0455. The highest BCUT2D eigenvalue weighted by molar-refractivity contribution is 8.18. The van der Waals surface area contributed by atoms with Crippen molar-refractivity contribution in [2.75, 3.05) is 11.9 Å². The second kappa shape index (κ2) is 7.92. The third-order valence-electron chi connectivity index (χ3n) is 4.54. The maximum atomic E-state index is 12.6. The Labute approximate surface area is 175 Å². The molecule has 0 aliphatic carbocycles. The van der Waals surface area contributed by atoms with E-state index in [2.05, 4.69) is 5.32 Å². The minimum absolute atomic E-state index is 0.128. The van der Waals surface area contributed by atoms with Crippen LogP contribution < -0.4 is 5.32 Å². The molecule has 0 saturated carbocycles.